The number of benzene rings is 2. The van der Waals surface area contributed by atoms with E-state index in [1.807, 2.05) is 50.4 Å². The first-order valence-electron chi connectivity index (χ1n) is 7.86. The van der Waals surface area contributed by atoms with E-state index in [4.69, 9.17) is 9.47 Å². The van der Waals surface area contributed by atoms with Crippen molar-refractivity contribution in [2.75, 3.05) is 20.2 Å². The minimum Gasteiger partial charge on any atom is -0.490 e. The van der Waals surface area contributed by atoms with E-state index in [0.29, 0.717) is 6.54 Å². The van der Waals surface area contributed by atoms with Gasteiger partial charge in [-0.25, -0.2) is 0 Å². The normalized spacial score (nSPS) is 23.0. The van der Waals surface area contributed by atoms with E-state index in [1.54, 1.807) is 0 Å². The van der Waals surface area contributed by atoms with E-state index >= 15 is 0 Å². The maximum absolute atomic E-state index is 11.1. The summed E-state index contributed by atoms with van der Waals surface area (Å²) in [7, 11) is 1.81. The molecule has 0 bridgehead atoms. The van der Waals surface area contributed by atoms with Crippen LogP contribution in [0, 0.1) is 13.8 Å². The first-order valence-corrected chi connectivity index (χ1v) is 7.86. The third-order valence-corrected chi connectivity index (χ3v) is 4.23. The molecular formula is C19H23NO3. The molecule has 0 amide bonds. The number of aryl methyl sites for hydroxylation is 2. The lowest BCUT2D eigenvalue weighted by Crippen LogP contribution is -2.53. The number of ether oxygens (including phenoxy) is 2. The van der Waals surface area contributed by atoms with Crippen molar-refractivity contribution in [3.05, 3.63) is 59.2 Å². The Labute approximate surface area is 137 Å². The summed E-state index contributed by atoms with van der Waals surface area (Å²) in [5, 5.41) is 14.1. The fourth-order valence-electron chi connectivity index (χ4n) is 3.08. The molecule has 0 fully saturated rings. The number of likely N-dealkylation sites (N-methyl/N-ethyl adjacent to an activating group) is 1. The summed E-state index contributed by atoms with van der Waals surface area (Å²) >= 11 is 0. The molecule has 1 aliphatic heterocycles. The van der Waals surface area contributed by atoms with Crippen molar-refractivity contribution in [2.24, 2.45) is 0 Å². The van der Waals surface area contributed by atoms with Gasteiger partial charge >= 0.3 is 0 Å². The molecule has 0 aliphatic carbocycles. The zero-order chi connectivity index (χ0) is 16.4. The van der Waals surface area contributed by atoms with Crippen LogP contribution in [0.4, 0.5) is 0 Å². The van der Waals surface area contributed by atoms with Gasteiger partial charge in [0.05, 0.1) is 0 Å². The van der Waals surface area contributed by atoms with Crippen molar-refractivity contribution in [2.45, 2.75) is 25.6 Å². The van der Waals surface area contributed by atoms with E-state index in [2.05, 4.69) is 18.3 Å². The van der Waals surface area contributed by atoms with E-state index in [9.17, 15) is 5.11 Å². The molecule has 3 rings (SSSR count). The summed E-state index contributed by atoms with van der Waals surface area (Å²) < 4.78 is 12.0. The van der Waals surface area contributed by atoms with Crippen LogP contribution < -0.4 is 14.8 Å². The number of nitrogens with one attached hydrogen (secondary N) is 1. The van der Waals surface area contributed by atoms with Crippen LogP contribution in [0.25, 0.3) is 0 Å². The number of para-hydroxylation sites is 1. The minimum absolute atomic E-state index is 0.195. The van der Waals surface area contributed by atoms with Gasteiger partial charge in [0, 0.05) is 12.1 Å². The van der Waals surface area contributed by atoms with Gasteiger partial charge in [-0.15, -0.1) is 0 Å². The van der Waals surface area contributed by atoms with Gasteiger partial charge in [-0.05, 0) is 38.6 Å². The van der Waals surface area contributed by atoms with Gasteiger partial charge < -0.3 is 19.9 Å². The molecule has 2 aromatic rings. The van der Waals surface area contributed by atoms with Gasteiger partial charge in [-0.3, -0.25) is 0 Å². The Morgan fingerprint density at radius 1 is 1.26 bits per heavy atom. The number of rotatable bonds is 4. The van der Waals surface area contributed by atoms with Crippen LogP contribution in [-0.2, 0) is 0 Å². The summed E-state index contributed by atoms with van der Waals surface area (Å²) in [5.41, 5.74) is 1.99. The van der Waals surface area contributed by atoms with Crippen molar-refractivity contribution in [1.82, 2.24) is 5.32 Å². The molecule has 2 atom stereocenters. The summed E-state index contributed by atoms with van der Waals surface area (Å²) in [6.45, 7) is 4.65. The third kappa shape index (κ3) is 3.05. The van der Waals surface area contributed by atoms with Crippen LogP contribution in [0.3, 0.4) is 0 Å². The molecule has 2 N–H and O–H groups in total. The van der Waals surface area contributed by atoms with Crippen molar-refractivity contribution in [3.63, 3.8) is 0 Å². The van der Waals surface area contributed by atoms with Gasteiger partial charge in [0.2, 0.25) is 0 Å². The largest absolute Gasteiger partial charge is 0.490 e. The second kappa shape index (κ2) is 6.22. The molecule has 4 heteroatoms. The summed E-state index contributed by atoms with van der Waals surface area (Å²) in [6, 6.07) is 13.8. The van der Waals surface area contributed by atoms with Crippen molar-refractivity contribution in [1.29, 1.82) is 0 Å². The van der Waals surface area contributed by atoms with Crippen molar-refractivity contribution >= 4 is 0 Å². The predicted molar refractivity (Wildman–Crippen MR) is 90.1 cm³/mol. The molecule has 1 heterocycles. The smallest absolute Gasteiger partial charge is 0.160 e. The first kappa shape index (κ1) is 15.8. The molecule has 0 saturated heterocycles. The van der Waals surface area contributed by atoms with E-state index in [1.165, 1.54) is 5.56 Å². The van der Waals surface area contributed by atoms with Crippen molar-refractivity contribution in [3.8, 4) is 11.5 Å². The molecule has 122 valence electrons. The lowest BCUT2D eigenvalue weighted by molar-refractivity contribution is -0.101. The van der Waals surface area contributed by atoms with E-state index in [0.717, 1.165) is 22.6 Å². The van der Waals surface area contributed by atoms with E-state index in [-0.39, 0.29) is 6.61 Å². The Hall–Kier alpha value is -2.04. The topological polar surface area (TPSA) is 50.7 Å². The average Bonchev–Trinajstić information content (AvgIpc) is 2.52. The summed E-state index contributed by atoms with van der Waals surface area (Å²) in [4.78, 5) is 0. The van der Waals surface area contributed by atoms with Crippen LogP contribution in [0.2, 0.25) is 0 Å². The highest BCUT2D eigenvalue weighted by atomic mass is 16.5. The zero-order valence-corrected chi connectivity index (χ0v) is 13.8. The molecule has 1 aliphatic rings. The SMILES string of the molecule is CNC[C@]1(O)COc2ccccc2[C@@H]1Oc1ccc(C)cc1C. The molecule has 0 aromatic heterocycles. The van der Waals surface area contributed by atoms with Crippen LogP contribution in [0.1, 0.15) is 22.8 Å². The molecule has 4 nitrogen and oxygen atoms in total. The van der Waals surface area contributed by atoms with Gasteiger partial charge in [0.15, 0.2) is 11.7 Å². The Kier molecular flexibility index (Phi) is 4.28. The number of aliphatic hydroxyl groups is 1. The second-order valence-corrected chi connectivity index (χ2v) is 6.23. The Morgan fingerprint density at radius 3 is 2.78 bits per heavy atom. The molecule has 0 radical (unpaired) electrons. The molecule has 0 saturated carbocycles. The predicted octanol–water partition coefficient (Wildman–Crippen LogP) is 2.77. The summed E-state index contributed by atoms with van der Waals surface area (Å²) in [6.07, 6.45) is -0.485. The highest BCUT2D eigenvalue weighted by Gasteiger charge is 2.45. The lowest BCUT2D eigenvalue weighted by atomic mass is 9.88. The monoisotopic (exact) mass is 313 g/mol. The maximum Gasteiger partial charge on any atom is 0.160 e. The number of fused-ring (bicyclic) bond motifs is 1. The van der Waals surface area contributed by atoms with Crippen LogP contribution >= 0.6 is 0 Å². The van der Waals surface area contributed by atoms with Gasteiger partial charge in [-0.2, -0.15) is 0 Å². The number of hydrogen-bond acceptors (Lipinski definition) is 4. The Balaban J connectivity index is 2.00. The highest BCUT2D eigenvalue weighted by Crippen LogP contribution is 2.41. The quantitative estimate of drug-likeness (QED) is 0.911. The van der Waals surface area contributed by atoms with Crippen LogP contribution in [0.15, 0.2) is 42.5 Å². The third-order valence-electron chi connectivity index (χ3n) is 4.23. The molecule has 2 aromatic carbocycles. The molecule has 0 unspecified atom stereocenters. The average molecular weight is 313 g/mol. The molecule has 0 spiro atoms. The first-order chi connectivity index (χ1) is 11.0. The van der Waals surface area contributed by atoms with Crippen LogP contribution in [-0.4, -0.2) is 30.9 Å². The molecule has 23 heavy (non-hydrogen) atoms. The van der Waals surface area contributed by atoms with Crippen LogP contribution in [0.5, 0.6) is 11.5 Å². The standard InChI is InChI=1S/C19H23NO3/c1-13-8-9-16(14(2)10-13)23-18-15-6-4-5-7-17(15)22-12-19(18,21)11-20-3/h4-10,18,20-21H,11-12H2,1-3H3/t18-,19-/m0/s1. The zero-order valence-electron chi connectivity index (χ0n) is 13.8. The lowest BCUT2D eigenvalue weighted by Gasteiger charge is -2.40. The highest BCUT2D eigenvalue weighted by molar-refractivity contribution is 5.42. The fraction of sp³-hybridized carbons (Fsp3) is 0.368. The Morgan fingerprint density at radius 2 is 2.04 bits per heavy atom. The second-order valence-electron chi connectivity index (χ2n) is 6.23. The van der Waals surface area contributed by atoms with Gasteiger partial charge in [0.1, 0.15) is 18.1 Å². The van der Waals surface area contributed by atoms with Gasteiger partial charge in [0.25, 0.3) is 0 Å². The van der Waals surface area contributed by atoms with Crippen molar-refractivity contribution < 1.29 is 14.6 Å². The van der Waals surface area contributed by atoms with Gasteiger partial charge in [-0.1, -0.05) is 35.9 Å². The Bertz CT molecular complexity index is 701. The van der Waals surface area contributed by atoms with E-state index < -0.39 is 11.7 Å². The summed E-state index contributed by atoms with van der Waals surface area (Å²) in [5.74, 6) is 1.55. The molecular weight excluding hydrogens is 290 g/mol. The fourth-order valence-corrected chi connectivity index (χ4v) is 3.08. The minimum atomic E-state index is -1.12. The number of hydrogen-bond donors (Lipinski definition) is 2. The maximum atomic E-state index is 11.1.